The molecule has 0 radical (unpaired) electrons. The highest BCUT2D eigenvalue weighted by Crippen LogP contribution is 2.34. The van der Waals surface area contributed by atoms with Crippen molar-refractivity contribution in [2.75, 3.05) is 6.54 Å². The summed E-state index contributed by atoms with van der Waals surface area (Å²) < 4.78 is 1.92. The van der Waals surface area contributed by atoms with Gasteiger partial charge in [0.05, 0.1) is 12.0 Å². The highest BCUT2D eigenvalue weighted by molar-refractivity contribution is 5.82. The maximum Gasteiger partial charge on any atom is 0.227 e. The Bertz CT molecular complexity index is 419. The lowest BCUT2D eigenvalue weighted by atomic mass is 9.79. The predicted octanol–water partition coefficient (Wildman–Crippen LogP) is 1.34. The van der Waals surface area contributed by atoms with E-state index >= 15 is 0 Å². The summed E-state index contributed by atoms with van der Waals surface area (Å²) in [5.74, 6) is 0.967. The Morgan fingerprint density at radius 1 is 1.42 bits per heavy atom. The molecule has 3 N–H and O–H groups in total. The number of nitrogens with one attached hydrogen (secondary N) is 1. The van der Waals surface area contributed by atoms with Crippen LogP contribution in [-0.2, 0) is 18.4 Å². The molecule has 1 aromatic heterocycles. The van der Waals surface area contributed by atoms with Crippen LogP contribution >= 0.6 is 0 Å². The minimum atomic E-state index is -0.359. The van der Waals surface area contributed by atoms with Crippen molar-refractivity contribution in [2.45, 2.75) is 45.1 Å². The number of hydrogen-bond donors (Lipinski definition) is 2. The van der Waals surface area contributed by atoms with Crippen molar-refractivity contribution in [2.24, 2.45) is 18.2 Å². The van der Waals surface area contributed by atoms with Crippen molar-refractivity contribution < 1.29 is 4.79 Å². The summed E-state index contributed by atoms with van der Waals surface area (Å²) in [6.45, 7) is 0.920. The van der Waals surface area contributed by atoms with Crippen LogP contribution in [0.4, 0.5) is 0 Å². The molecular weight excluding hydrogens is 240 g/mol. The van der Waals surface area contributed by atoms with Crippen LogP contribution < -0.4 is 11.1 Å². The quantitative estimate of drug-likeness (QED) is 0.806. The second-order valence-electron chi connectivity index (χ2n) is 5.54. The molecule has 0 bridgehead atoms. The largest absolute Gasteiger partial charge is 0.348 e. The second-order valence-corrected chi connectivity index (χ2v) is 5.54. The number of rotatable bonds is 4. The minimum Gasteiger partial charge on any atom is -0.348 e. The lowest BCUT2D eigenvalue weighted by Crippen LogP contribution is -2.45. The van der Waals surface area contributed by atoms with E-state index in [9.17, 15) is 4.79 Å². The molecule has 5 nitrogen and oxygen atoms in total. The van der Waals surface area contributed by atoms with E-state index in [0.29, 0.717) is 13.1 Å². The first-order valence-corrected chi connectivity index (χ1v) is 7.12. The van der Waals surface area contributed by atoms with Crippen LogP contribution in [-0.4, -0.2) is 22.0 Å². The average Bonchev–Trinajstić information content (AvgIpc) is 2.68. The van der Waals surface area contributed by atoms with E-state index in [1.165, 1.54) is 12.8 Å². The summed E-state index contributed by atoms with van der Waals surface area (Å²) in [4.78, 5) is 16.7. The molecule has 106 valence electrons. The molecule has 1 amide bonds. The summed E-state index contributed by atoms with van der Waals surface area (Å²) in [6, 6.07) is 0. The van der Waals surface area contributed by atoms with Gasteiger partial charge in [-0.2, -0.15) is 0 Å². The molecule has 1 aromatic rings. The van der Waals surface area contributed by atoms with Gasteiger partial charge in [-0.25, -0.2) is 4.98 Å². The minimum absolute atomic E-state index is 0.0971. The summed E-state index contributed by atoms with van der Waals surface area (Å²) in [5, 5.41) is 3.01. The van der Waals surface area contributed by atoms with Gasteiger partial charge in [-0.3, -0.25) is 4.79 Å². The fourth-order valence-corrected chi connectivity index (χ4v) is 2.84. The summed E-state index contributed by atoms with van der Waals surface area (Å²) in [7, 11) is 1.93. The Hall–Kier alpha value is -1.36. The molecule has 0 aromatic carbocycles. The molecule has 19 heavy (non-hydrogen) atoms. The van der Waals surface area contributed by atoms with Crippen molar-refractivity contribution in [1.82, 2.24) is 14.9 Å². The summed E-state index contributed by atoms with van der Waals surface area (Å²) in [5.41, 5.74) is 5.55. The molecule has 1 saturated carbocycles. The molecule has 1 heterocycles. The van der Waals surface area contributed by atoms with Gasteiger partial charge in [0.15, 0.2) is 0 Å². The van der Waals surface area contributed by atoms with E-state index in [0.717, 1.165) is 31.5 Å². The molecule has 5 heteroatoms. The van der Waals surface area contributed by atoms with Crippen LogP contribution in [0.1, 0.15) is 44.3 Å². The molecule has 1 aliphatic rings. The van der Waals surface area contributed by atoms with Gasteiger partial charge in [-0.05, 0) is 12.8 Å². The first-order valence-electron chi connectivity index (χ1n) is 7.12. The summed E-state index contributed by atoms with van der Waals surface area (Å²) in [6.07, 6.45) is 10.1. The van der Waals surface area contributed by atoms with Gasteiger partial charge >= 0.3 is 0 Å². The third-order valence-electron chi connectivity index (χ3n) is 4.26. The number of nitrogens with two attached hydrogens (primary N) is 1. The van der Waals surface area contributed by atoms with Crippen LogP contribution in [0.3, 0.4) is 0 Å². The van der Waals surface area contributed by atoms with E-state index in [2.05, 4.69) is 10.3 Å². The zero-order valence-electron chi connectivity index (χ0n) is 11.7. The Balaban J connectivity index is 1.98. The monoisotopic (exact) mass is 264 g/mol. The van der Waals surface area contributed by atoms with E-state index in [1.54, 1.807) is 6.20 Å². The Labute approximate surface area is 114 Å². The number of nitrogens with zero attached hydrogens (tertiary/aromatic N) is 2. The molecule has 0 atom stereocenters. The van der Waals surface area contributed by atoms with Gasteiger partial charge in [0, 0.05) is 26.0 Å². The number of hydrogen-bond acceptors (Lipinski definition) is 3. The van der Waals surface area contributed by atoms with E-state index in [-0.39, 0.29) is 11.3 Å². The Morgan fingerprint density at radius 2 is 2.11 bits per heavy atom. The van der Waals surface area contributed by atoms with Gasteiger partial charge in [-0.1, -0.05) is 25.7 Å². The number of imidazole rings is 1. The number of aryl methyl sites for hydroxylation is 1. The molecule has 0 aliphatic heterocycles. The maximum atomic E-state index is 12.5. The van der Waals surface area contributed by atoms with Gasteiger partial charge in [-0.15, -0.1) is 0 Å². The van der Waals surface area contributed by atoms with Gasteiger partial charge in [0.1, 0.15) is 5.82 Å². The smallest absolute Gasteiger partial charge is 0.227 e. The van der Waals surface area contributed by atoms with Crippen molar-refractivity contribution in [3.63, 3.8) is 0 Å². The fourth-order valence-electron chi connectivity index (χ4n) is 2.84. The Morgan fingerprint density at radius 3 is 2.63 bits per heavy atom. The van der Waals surface area contributed by atoms with E-state index < -0.39 is 0 Å². The van der Waals surface area contributed by atoms with Gasteiger partial charge in [0.2, 0.25) is 5.91 Å². The van der Waals surface area contributed by atoms with Crippen molar-refractivity contribution in [3.8, 4) is 0 Å². The van der Waals surface area contributed by atoms with Gasteiger partial charge in [0.25, 0.3) is 0 Å². The van der Waals surface area contributed by atoms with Crippen molar-refractivity contribution in [3.05, 3.63) is 18.2 Å². The van der Waals surface area contributed by atoms with Crippen molar-refractivity contribution in [1.29, 1.82) is 0 Å². The second kappa shape index (κ2) is 6.19. The number of carbonyl (C=O) groups is 1. The molecular formula is C14H24N4O. The Kier molecular flexibility index (Phi) is 4.58. The molecule has 1 aliphatic carbocycles. The van der Waals surface area contributed by atoms with Crippen LogP contribution in [0, 0.1) is 5.41 Å². The molecule has 0 spiro atoms. The number of carbonyl (C=O) groups excluding carboxylic acids is 1. The first kappa shape index (κ1) is 14.1. The number of aromatic nitrogens is 2. The first-order chi connectivity index (χ1) is 9.18. The summed E-state index contributed by atoms with van der Waals surface area (Å²) >= 11 is 0. The van der Waals surface area contributed by atoms with Crippen LogP contribution in [0.25, 0.3) is 0 Å². The highest BCUT2D eigenvalue weighted by atomic mass is 16.2. The molecule has 1 fully saturated rings. The predicted molar refractivity (Wildman–Crippen MR) is 74.2 cm³/mol. The third-order valence-corrected chi connectivity index (χ3v) is 4.26. The number of amides is 1. The lowest BCUT2D eigenvalue weighted by molar-refractivity contribution is -0.131. The average molecular weight is 264 g/mol. The topological polar surface area (TPSA) is 72.9 Å². The SMILES string of the molecule is Cn1ccnc1CNC(=O)C1(CN)CCCCCC1. The van der Waals surface area contributed by atoms with E-state index in [1.807, 2.05) is 17.8 Å². The normalized spacial score (nSPS) is 18.8. The lowest BCUT2D eigenvalue weighted by Gasteiger charge is -2.29. The molecule has 0 saturated heterocycles. The zero-order valence-corrected chi connectivity index (χ0v) is 11.7. The highest BCUT2D eigenvalue weighted by Gasteiger charge is 2.37. The zero-order chi connectivity index (χ0) is 13.7. The molecule has 2 rings (SSSR count). The fraction of sp³-hybridized carbons (Fsp3) is 0.714. The van der Waals surface area contributed by atoms with Gasteiger partial charge < -0.3 is 15.6 Å². The van der Waals surface area contributed by atoms with Crippen LogP contribution in [0.2, 0.25) is 0 Å². The maximum absolute atomic E-state index is 12.5. The molecule has 0 unspecified atom stereocenters. The third kappa shape index (κ3) is 3.15. The van der Waals surface area contributed by atoms with Crippen molar-refractivity contribution >= 4 is 5.91 Å². The standard InChI is InChI=1S/C14H24N4O/c1-18-9-8-16-12(18)10-17-13(19)14(11-15)6-4-2-3-5-7-14/h8-9H,2-7,10-11,15H2,1H3,(H,17,19). The van der Waals surface area contributed by atoms with Crippen LogP contribution in [0.5, 0.6) is 0 Å². The van der Waals surface area contributed by atoms with E-state index in [4.69, 9.17) is 5.73 Å². The van der Waals surface area contributed by atoms with Crippen LogP contribution in [0.15, 0.2) is 12.4 Å².